The van der Waals surface area contributed by atoms with E-state index in [1.807, 2.05) is 24.4 Å². The molecule has 0 bridgehead atoms. The maximum absolute atomic E-state index is 4.48. The maximum atomic E-state index is 4.48. The minimum atomic E-state index is 1.03. The predicted molar refractivity (Wildman–Crippen MR) is 87.6 cm³/mol. The molecule has 1 aromatic heterocycles. The molecule has 2 aromatic carbocycles. The van der Waals surface area contributed by atoms with E-state index in [1.54, 1.807) is 0 Å². The average Bonchev–Trinajstić information content (AvgIpc) is 2.39. The monoisotopic (exact) mass is 409 g/mol. The highest BCUT2D eigenvalue weighted by Gasteiger charge is 2.09. The zero-order valence-electron chi connectivity index (χ0n) is 9.40. The molecule has 0 N–H and O–H groups in total. The first-order valence-corrected chi connectivity index (χ1v) is 7.42. The van der Waals surface area contributed by atoms with E-state index in [0.717, 1.165) is 9.99 Å². The van der Waals surface area contributed by atoms with Crippen molar-refractivity contribution < 1.29 is 0 Å². The lowest BCUT2D eigenvalue weighted by molar-refractivity contribution is 1.38. The summed E-state index contributed by atoms with van der Waals surface area (Å²) in [5.74, 6) is 0. The molecule has 0 unspecified atom stereocenters. The molecular formula is C15H9BrIN. The van der Waals surface area contributed by atoms with Crippen molar-refractivity contribution in [2.75, 3.05) is 0 Å². The summed E-state index contributed by atoms with van der Waals surface area (Å²) in [4.78, 5) is 4.48. The van der Waals surface area contributed by atoms with E-state index in [0.29, 0.717) is 0 Å². The van der Waals surface area contributed by atoms with Gasteiger partial charge in [-0.1, -0.05) is 46.3 Å². The highest BCUT2D eigenvalue weighted by Crippen LogP contribution is 2.33. The van der Waals surface area contributed by atoms with Crippen LogP contribution in [0, 0.1) is 3.57 Å². The van der Waals surface area contributed by atoms with Crippen LogP contribution in [0.15, 0.2) is 59.2 Å². The van der Waals surface area contributed by atoms with Crippen molar-refractivity contribution in [3.8, 4) is 11.1 Å². The fourth-order valence-electron chi connectivity index (χ4n) is 2.04. The van der Waals surface area contributed by atoms with Gasteiger partial charge in [-0.25, -0.2) is 0 Å². The molecule has 18 heavy (non-hydrogen) atoms. The molecule has 3 heteroatoms. The molecule has 0 radical (unpaired) electrons. The molecule has 0 aliphatic rings. The molecule has 0 aliphatic carbocycles. The van der Waals surface area contributed by atoms with Gasteiger partial charge in [-0.15, -0.1) is 0 Å². The topological polar surface area (TPSA) is 12.9 Å². The number of rotatable bonds is 1. The zero-order valence-corrected chi connectivity index (χ0v) is 13.1. The highest BCUT2D eigenvalue weighted by atomic mass is 127. The third-order valence-electron chi connectivity index (χ3n) is 2.85. The van der Waals surface area contributed by atoms with E-state index in [2.05, 4.69) is 73.8 Å². The van der Waals surface area contributed by atoms with Crippen molar-refractivity contribution in [1.82, 2.24) is 4.98 Å². The van der Waals surface area contributed by atoms with E-state index in [-0.39, 0.29) is 0 Å². The van der Waals surface area contributed by atoms with Crippen LogP contribution in [0.25, 0.3) is 22.0 Å². The summed E-state index contributed by atoms with van der Waals surface area (Å²) in [7, 11) is 0. The predicted octanol–water partition coefficient (Wildman–Crippen LogP) is 5.27. The SMILES string of the molecule is Brc1ccc2ncc(I)c(-c3ccccc3)c2c1. The summed E-state index contributed by atoms with van der Waals surface area (Å²) in [6.45, 7) is 0. The number of nitrogens with zero attached hydrogens (tertiary/aromatic N) is 1. The number of halogens is 2. The first-order valence-electron chi connectivity index (χ1n) is 5.55. The van der Waals surface area contributed by atoms with Gasteiger partial charge < -0.3 is 0 Å². The standard InChI is InChI=1S/C15H9BrIN/c16-11-6-7-14-12(8-11)15(13(17)9-18-14)10-4-2-1-3-5-10/h1-9H. The van der Waals surface area contributed by atoms with Crippen LogP contribution in [-0.2, 0) is 0 Å². The van der Waals surface area contributed by atoms with Crippen LogP contribution >= 0.6 is 38.5 Å². The van der Waals surface area contributed by atoms with Crippen molar-refractivity contribution in [2.45, 2.75) is 0 Å². The van der Waals surface area contributed by atoms with Crippen LogP contribution in [-0.4, -0.2) is 4.98 Å². The van der Waals surface area contributed by atoms with Gasteiger partial charge >= 0.3 is 0 Å². The van der Waals surface area contributed by atoms with Gasteiger partial charge in [-0.2, -0.15) is 0 Å². The molecule has 0 saturated carbocycles. The summed E-state index contributed by atoms with van der Waals surface area (Å²) in [5, 5.41) is 1.18. The normalized spacial score (nSPS) is 10.8. The van der Waals surface area contributed by atoms with Crippen LogP contribution in [0.1, 0.15) is 0 Å². The first-order chi connectivity index (χ1) is 8.75. The second kappa shape index (κ2) is 4.97. The van der Waals surface area contributed by atoms with Crippen LogP contribution in [0.4, 0.5) is 0 Å². The quantitative estimate of drug-likeness (QED) is 0.499. The molecule has 1 nitrogen and oxygen atoms in total. The number of pyridine rings is 1. The summed E-state index contributed by atoms with van der Waals surface area (Å²) in [5.41, 5.74) is 3.51. The summed E-state index contributed by atoms with van der Waals surface area (Å²) in [6.07, 6.45) is 1.93. The van der Waals surface area contributed by atoms with Gasteiger partial charge in [-0.3, -0.25) is 4.98 Å². The molecule has 0 aliphatic heterocycles. The van der Waals surface area contributed by atoms with Crippen LogP contribution < -0.4 is 0 Å². The Kier molecular flexibility index (Phi) is 3.35. The Labute approximate surface area is 128 Å². The van der Waals surface area contributed by atoms with Gasteiger partial charge in [0.2, 0.25) is 0 Å². The molecule has 88 valence electrons. The fourth-order valence-corrected chi connectivity index (χ4v) is 3.14. The van der Waals surface area contributed by atoms with Crippen molar-refractivity contribution in [3.05, 3.63) is 62.8 Å². The number of hydrogen-bond acceptors (Lipinski definition) is 1. The van der Waals surface area contributed by atoms with Crippen molar-refractivity contribution >= 4 is 49.4 Å². The van der Waals surface area contributed by atoms with Gasteiger partial charge in [0.15, 0.2) is 0 Å². The number of aromatic nitrogens is 1. The van der Waals surface area contributed by atoms with Crippen LogP contribution in [0.3, 0.4) is 0 Å². The highest BCUT2D eigenvalue weighted by molar-refractivity contribution is 14.1. The van der Waals surface area contributed by atoms with E-state index < -0.39 is 0 Å². The Bertz CT molecular complexity index is 705. The maximum Gasteiger partial charge on any atom is 0.0709 e. The zero-order chi connectivity index (χ0) is 12.5. The molecule has 0 saturated heterocycles. The van der Waals surface area contributed by atoms with Gasteiger partial charge in [0.05, 0.1) is 5.52 Å². The second-order valence-corrected chi connectivity index (χ2v) is 6.09. The lowest BCUT2D eigenvalue weighted by Crippen LogP contribution is -1.89. The summed E-state index contributed by atoms with van der Waals surface area (Å²) >= 11 is 5.88. The molecular weight excluding hydrogens is 401 g/mol. The van der Waals surface area contributed by atoms with Crippen molar-refractivity contribution in [2.24, 2.45) is 0 Å². The first kappa shape index (κ1) is 12.1. The Hall–Kier alpha value is -0.940. The third-order valence-corrected chi connectivity index (χ3v) is 4.16. The van der Waals surface area contributed by atoms with E-state index >= 15 is 0 Å². The molecule has 0 spiro atoms. The molecule has 0 amide bonds. The number of fused-ring (bicyclic) bond motifs is 1. The Morgan fingerprint density at radius 1 is 1.00 bits per heavy atom. The Morgan fingerprint density at radius 3 is 2.56 bits per heavy atom. The molecule has 1 heterocycles. The average molecular weight is 410 g/mol. The smallest absolute Gasteiger partial charge is 0.0709 e. The van der Waals surface area contributed by atoms with Crippen LogP contribution in [0.5, 0.6) is 0 Å². The fraction of sp³-hybridized carbons (Fsp3) is 0. The summed E-state index contributed by atoms with van der Waals surface area (Å²) < 4.78 is 2.25. The van der Waals surface area contributed by atoms with E-state index in [9.17, 15) is 0 Å². The molecule has 0 fully saturated rings. The minimum absolute atomic E-state index is 1.03. The van der Waals surface area contributed by atoms with Gasteiger partial charge in [0.1, 0.15) is 0 Å². The van der Waals surface area contributed by atoms with Crippen molar-refractivity contribution in [1.29, 1.82) is 0 Å². The lowest BCUT2D eigenvalue weighted by atomic mass is 10.0. The molecule has 3 rings (SSSR count). The van der Waals surface area contributed by atoms with E-state index in [1.165, 1.54) is 20.1 Å². The lowest BCUT2D eigenvalue weighted by Gasteiger charge is -2.09. The molecule has 0 atom stereocenters. The van der Waals surface area contributed by atoms with Gasteiger partial charge in [0.25, 0.3) is 0 Å². The van der Waals surface area contributed by atoms with E-state index in [4.69, 9.17) is 0 Å². The summed E-state index contributed by atoms with van der Waals surface area (Å²) in [6, 6.07) is 16.6. The van der Waals surface area contributed by atoms with Crippen LogP contribution in [0.2, 0.25) is 0 Å². The third kappa shape index (κ3) is 2.17. The number of hydrogen-bond donors (Lipinski definition) is 0. The van der Waals surface area contributed by atoms with Gasteiger partial charge in [-0.05, 0) is 46.4 Å². The largest absolute Gasteiger partial charge is 0.255 e. The van der Waals surface area contributed by atoms with Gasteiger partial charge in [0, 0.05) is 25.2 Å². The molecule has 3 aromatic rings. The number of benzene rings is 2. The minimum Gasteiger partial charge on any atom is -0.255 e. The van der Waals surface area contributed by atoms with Crippen molar-refractivity contribution in [3.63, 3.8) is 0 Å². The Morgan fingerprint density at radius 2 is 1.78 bits per heavy atom. The second-order valence-electron chi connectivity index (χ2n) is 4.01. The Balaban J connectivity index is 2.40.